The number of nitriles is 1. The SMILES string of the molecule is CC(C)N(C)CCCCNc1ccc(Br)cc1C#N. The highest BCUT2D eigenvalue weighted by molar-refractivity contribution is 9.10. The molecule has 0 fully saturated rings. The third kappa shape index (κ3) is 5.63. The van der Waals surface area contributed by atoms with Gasteiger partial charge in [0.25, 0.3) is 0 Å². The second kappa shape index (κ2) is 8.19. The third-order valence-electron chi connectivity index (χ3n) is 3.24. The van der Waals surface area contributed by atoms with Crippen molar-refractivity contribution in [2.45, 2.75) is 32.7 Å². The number of hydrogen-bond acceptors (Lipinski definition) is 3. The Morgan fingerprint density at radius 3 is 2.74 bits per heavy atom. The molecule has 3 nitrogen and oxygen atoms in total. The fourth-order valence-electron chi connectivity index (χ4n) is 1.73. The molecule has 0 aliphatic carbocycles. The molecule has 104 valence electrons. The Kier molecular flexibility index (Phi) is 6.90. The van der Waals surface area contributed by atoms with Crippen LogP contribution in [0, 0.1) is 11.3 Å². The van der Waals surface area contributed by atoms with Crippen LogP contribution in [0.25, 0.3) is 0 Å². The normalized spacial score (nSPS) is 10.8. The summed E-state index contributed by atoms with van der Waals surface area (Å²) in [5.74, 6) is 0. The van der Waals surface area contributed by atoms with Crippen LogP contribution in [0.4, 0.5) is 5.69 Å². The van der Waals surface area contributed by atoms with Gasteiger partial charge >= 0.3 is 0 Å². The Bertz CT molecular complexity index is 438. The van der Waals surface area contributed by atoms with E-state index < -0.39 is 0 Å². The molecule has 0 heterocycles. The minimum atomic E-state index is 0.602. The maximum absolute atomic E-state index is 9.06. The van der Waals surface area contributed by atoms with Gasteiger partial charge in [-0.25, -0.2) is 0 Å². The Labute approximate surface area is 124 Å². The summed E-state index contributed by atoms with van der Waals surface area (Å²) in [6, 6.07) is 8.55. The number of benzene rings is 1. The van der Waals surface area contributed by atoms with E-state index in [9.17, 15) is 0 Å². The molecule has 0 spiro atoms. The summed E-state index contributed by atoms with van der Waals surface area (Å²) in [6.07, 6.45) is 2.28. The molecule has 0 aliphatic heterocycles. The maximum atomic E-state index is 9.06. The first-order valence-corrected chi connectivity index (χ1v) is 7.47. The molecule has 1 rings (SSSR count). The molecule has 0 bridgehead atoms. The molecule has 0 aliphatic rings. The van der Waals surface area contributed by atoms with Gasteiger partial charge in [-0.05, 0) is 58.5 Å². The van der Waals surface area contributed by atoms with E-state index in [-0.39, 0.29) is 0 Å². The lowest BCUT2D eigenvalue weighted by molar-refractivity contribution is 0.269. The van der Waals surface area contributed by atoms with E-state index in [1.807, 2.05) is 18.2 Å². The summed E-state index contributed by atoms with van der Waals surface area (Å²) in [5, 5.41) is 12.4. The van der Waals surface area contributed by atoms with Gasteiger partial charge in [-0.2, -0.15) is 5.26 Å². The van der Waals surface area contributed by atoms with E-state index in [2.05, 4.69) is 53.1 Å². The van der Waals surface area contributed by atoms with Crippen LogP contribution >= 0.6 is 15.9 Å². The predicted molar refractivity (Wildman–Crippen MR) is 84.3 cm³/mol. The number of anilines is 1. The number of halogens is 1. The van der Waals surface area contributed by atoms with Crippen molar-refractivity contribution in [3.8, 4) is 6.07 Å². The van der Waals surface area contributed by atoms with Gasteiger partial charge in [-0.3, -0.25) is 0 Å². The number of rotatable bonds is 7. The topological polar surface area (TPSA) is 39.1 Å². The van der Waals surface area contributed by atoms with Gasteiger partial charge in [0.15, 0.2) is 0 Å². The van der Waals surface area contributed by atoms with E-state index in [1.54, 1.807) is 0 Å². The van der Waals surface area contributed by atoms with Crippen LogP contribution in [-0.4, -0.2) is 31.1 Å². The third-order valence-corrected chi connectivity index (χ3v) is 3.73. The fraction of sp³-hybridized carbons (Fsp3) is 0.533. The monoisotopic (exact) mass is 323 g/mol. The minimum Gasteiger partial charge on any atom is -0.384 e. The summed E-state index contributed by atoms with van der Waals surface area (Å²) in [4.78, 5) is 2.35. The first-order chi connectivity index (χ1) is 9.04. The van der Waals surface area contributed by atoms with Crippen molar-refractivity contribution in [2.75, 3.05) is 25.5 Å². The smallest absolute Gasteiger partial charge is 0.101 e. The highest BCUT2D eigenvalue weighted by Gasteiger charge is 2.03. The van der Waals surface area contributed by atoms with E-state index in [0.29, 0.717) is 11.6 Å². The van der Waals surface area contributed by atoms with E-state index in [0.717, 1.165) is 29.7 Å². The Morgan fingerprint density at radius 2 is 2.11 bits per heavy atom. The summed E-state index contributed by atoms with van der Waals surface area (Å²) < 4.78 is 0.938. The molecule has 0 saturated carbocycles. The molecule has 0 radical (unpaired) electrons. The largest absolute Gasteiger partial charge is 0.384 e. The lowest BCUT2D eigenvalue weighted by atomic mass is 10.2. The second-order valence-corrected chi connectivity index (χ2v) is 5.93. The zero-order valence-electron chi connectivity index (χ0n) is 11.9. The average molecular weight is 324 g/mol. The van der Waals surface area contributed by atoms with Crippen LogP contribution < -0.4 is 5.32 Å². The number of hydrogen-bond donors (Lipinski definition) is 1. The number of nitrogens with zero attached hydrogens (tertiary/aromatic N) is 2. The van der Waals surface area contributed by atoms with Gasteiger partial charge < -0.3 is 10.2 Å². The van der Waals surface area contributed by atoms with Crippen molar-refractivity contribution < 1.29 is 0 Å². The van der Waals surface area contributed by atoms with E-state index in [1.165, 1.54) is 6.42 Å². The fourth-order valence-corrected chi connectivity index (χ4v) is 2.09. The molecule has 1 N–H and O–H groups in total. The van der Waals surface area contributed by atoms with Crippen LogP contribution in [0.15, 0.2) is 22.7 Å². The van der Waals surface area contributed by atoms with Crippen molar-refractivity contribution in [1.29, 1.82) is 5.26 Å². The van der Waals surface area contributed by atoms with Crippen LogP contribution in [0.1, 0.15) is 32.3 Å². The number of nitrogens with one attached hydrogen (secondary N) is 1. The van der Waals surface area contributed by atoms with Gasteiger partial charge in [-0.15, -0.1) is 0 Å². The first-order valence-electron chi connectivity index (χ1n) is 6.68. The van der Waals surface area contributed by atoms with Crippen LogP contribution in [0.2, 0.25) is 0 Å². The Morgan fingerprint density at radius 1 is 1.37 bits per heavy atom. The van der Waals surface area contributed by atoms with E-state index >= 15 is 0 Å². The van der Waals surface area contributed by atoms with Crippen molar-refractivity contribution in [1.82, 2.24) is 4.90 Å². The molecule has 0 atom stereocenters. The molecular formula is C15H22BrN3. The van der Waals surface area contributed by atoms with Gasteiger partial charge in [0.2, 0.25) is 0 Å². The predicted octanol–water partition coefficient (Wildman–Crippen LogP) is 3.85. The zero-order valence-corrected chi connectivity index (χ0v) is 13.5. The van der Waals surface area contributed by atoms with Crippen LogP contribution in [0.5, 0.6) is 0 Å². The van der Waals surface area contributed by atoms with E-state index in [4.69, 9.17) is 5.26 Å². The summed E-state index contributed by atoms with van der Waals surface area (Å²) in [7, 11) is 2.15. The highest BCUT2D eigenvalue weighted by atomic mass is 79.9. The number of unbranched alkanes of at least 4 members (excludes halogenated alkanes) is 1. The van der Waals surface area contributed by atoms with Gasteiger partial charge in [-0.1, -0.05) is 15.9 Å². The molecule has 0 aromatic heterocycles. The summed E-state index contributed by atoms with van der Waals surface area (Å²) >= 11 is 3.38. The zero-order chi connectivity index (χ0) is 14.3. The Hall–Kier alpha value is -1.05. The lowest BCUT2D eigenvalue weighted by Gasteiger charge is -2.20. The summed E-state index contributed by atoms with van der Waals surface area (Å²) in [5.41, 5.74) is 1.61. The lowest BCUT2D eigenvalue weighted by Crippen LogP contribution is -2.27. The van der Waals surface area contributed by atoms with Crippen molar-refractivity contribution in [3.05, 3.63) is 28.2 Å². The van der Waals surface area contributed by atoms with Gasteiger partial charge in [0, 0.05) is 17.1 Å². The molecule has 19 heavy (non-hydrogen) atoms. The minimum absolute atomic E-state index is 0.602. The van der Waals surface area contributed by atoms with Crippen molar-refractivity contribution in [2.24, 2.45) is 0 Å². The van der Waals surface area contributed by atoms with Gasteiger partial charge in [0.1, 0.15) is 6.07 Å². The highest BCUT2D eigenvalue weighted by Crippen LogP contribution is 2.20. The first kappa shape index (κ1) is 16.0. The second-order valence-electron chi connectivity index (χ2n) is 5.01. The molecule has 0 amide bonds. The Balaban J connectivity index is 2.32. The molecule has 1 aromatic carbocycles. The summed E-state index contributed by atoms with van der Waals surface area (Å²) in [6.45, 7) is 6.44. The maximum Gasteiger partial charge on any atom is 0.101 e. The standard InChI is InChI=1S/C15H22BrN3/c1-12(2)19(3)9-5-4-8-18-15-7-6-14(16)10-13(15)11-17/h6-7,10,12,18H,4-5,8-9H2,1-3H3. The quantitative estimate of drug-likeness (QED) is 0.774. The molecule has 0 saturated heterocycles. The van der Waals surface area contributed by atoms with Crippen molar-refractivity contribution in [3.63, 3.8) is 0 Å². The van der Waals surface area contributed by atoms with Crippen LogP contribution in [0.3, 0.4) is 0 Å². The van der Waals surface area contributed by atoms with Crippen molar-refractivity contribution >= 4 is 21.6 Å². The van der Waals surface area contributed by atoms with Gasteiger partial charge in [0.05, 0.1) is 11.3 Å². The molecule has 0 unspecified atom stereocenters. The van der Waals surface area contributed by atoms with Crippen LogP contribution in [-0.2, 0) is 0 Å². The average Bonchev–Trinajstić information content (AvgIpc) is 2.39. The molecule has 1 aromatic rings. The molecule has 4 heteroatoms. The molecular weight excluding hydrogens is 302 g/mol.